The fourth-order valence-electron chi connectivity index (χ4n) is 6.44. The van der Waals surface area contributed by atoms with Crippen molar-refractivity contribution >= 4 is 0 Å². The zero-order chi connectivity index (χ0) is 16.7. The van der Waals surface area contributed by atoms with E-state index < -0.39 is 0 Å². The highest BCUT2D eigenvalue weighted by atomic mass is 16.5. The molecule has 4 saturated carbocycles. The van der Waals surface area contributed by atoms with Crippen LogP contribution in [0.25, 0.3) is 0 Å². The van der Waals surface area contributed by atoms with E-state index in [1.54, 1.807) is 0 Å². The molecule has 1 saturated heterocycles. The Morgan fingerprint density at radius 1 is 1.08 bits per heavy atom. The molecule has 0 spiro atoms. The molecule has 2 heterocycles. The first-order valence-electron chi connectivity index (χ1n) is 10.2. The number of ether oxygens (including phenoxy) is 2. The molecule has 0 aromatic carbocycles. The van der Waals surface area contributed by atoms with Crippen LogP contribution in [0.3, 0.4) is 0 Å². The number of rotatable bonds is 6. The molecule has 0 radical (unpaired) electrons. The lowest BCUT2D eigenvalue weighted by Gasteiger charge is -2.56. The molecule has 5 aliphatic rings. The molecule has 0 unspecified atom stereocenters. The Bertz CT molecular complexity index is 558. The van der Waals surface area contributed by atoms with Crippen LogP contribution in [0.1, 0.15) is 38.5 Å². The van der Waals surface area contributed by atoms with Crippen LogP contribution in [0.5, 0.6) is 5.88 Å². The average Bonchev–Trinajstić information content (AvgIpc) is 3.01. The summed E-state index contributed by atoms with van der Waals surface area (Å²) in [6, 6.07) is 2.04. The summed E-state index contributed by atoms with van der Waals surface area (Å²) in [4.78, 5) is 2.40. The van der Waals surface area contributed by atoms with Gasteiger partial charge in [-0.25, -0.2) is 0 Å². The molecular weight excluding hydrogens is 314 g/mol. The highest BCUT2D eigenvalue weighted by Gasteiger charge is 2.50. The second-order valence-corrected chi connectivity index (χ2v) is 9.07. The Morgan fingerprint density at radius 3 is 2.44 bits per heavy atom. The first-order chi connectivity index (χ1) is 12.3. The van der Waals surface area contributed by atoms with Gasteiger partial charge in [0, 0.05) is 38.4 Å². The van der Waals surface area contributed by atoms with E-state index in [9.17, 15) is 0 Å². The van der Waals surface area contributed by atoms with Gasteiger partial charge in [0.15, 0.2) is 0 Å². The van der Waals surface area contributed by atoms with Gasteiger partial charge in [-0.1, -0.05) is 0 Å². The third-order valence-electron chi connectivity index (χ3n) is 7.04. The predicted octanol–water partition coefficient (Wildman–Crippen LogP) is 2.81. The Balaban J connectivity index is 1.15. The lowest BCUT2D eigenvalue weighted by Crippen LogP contribution is -2.47. The quantitative estimate of drug-likeness (QED) is 0.795. The van der Waals surface area contributed by atoms with E-state index in [1.165, 1.54) is 38.5 Å². The summed E-state index contributed by atoms with van der Waals surface area (Å²) < 4.78 is 13.4. The summed E-state index contributed by atoms with van der Waals surface area (Å²) in [5.41, 5.74) is 0.534. The van der Waals surface area contributed by atoms with Crippen LogP contribution >= 0.6 is 0 Å². The van der Waals surface area contributed by atoms with E-state index in [0.717, 1.165) is 63.0 Å². The lowest BCUT2D eigenvalue weighted by molar-refractivity contribution is -0.0636. The van der Waals surface area contributed by atoms with Crippen LogP contribution in [0.2, 0.25) is 0 Å². The molecule has 1 aromatic rings. The van der Waals surface area contributed by atoms with Crippen molar-refractivity contribution in [3.63, 3.8) is 0 Å². The second kappa shape index (κ2) is 6.58. The monoisotopic (exact) mass is 345 g/mol. The van der Waals surface area contributed by atoms with Crippen LogP contribution in [0, 0.1) is 23.2 Å². The smallest absolute Gasteiger partial charge is 0.232 e. The minimum Gasteiger partial charge on any atom is -0.475 e. The summed E-state index contributed by atoms with van der Waals surface area (Å²) in [6.45, 7) is 6.51. The van der Waals surface area contributed by atoms with E-state index in [0.29, 0.717) is 12.0 Å². The van der Waals surface area contributed by atoms with Crippen LogP contribution in [0.4, 0.5) is 0 Å². The molecule has 4 aliphatic carbocycles. The standard InChI is InChI=1S/C20H31N3O2/c1-2-23(21-19(1)25-8-5-22-3-6-24-7-4-22)15-20-12-16-9-17(13-20)11-18(10-16)14-20/h1-2,16-18H,3-15H2. The topological polar surface area (TPSA) is 39.5 Å². The van der Waals surface area contributed by atoms with Crippen molar-refractivity contribution in [2.45, 2.75) is 45.1 Å². The normalized spacial score (nSPS) is 37.5. The van der Waals surface area contributed by atoms with Crippen molar-refractivity contribution in [2.24, 2.45) is 23.2 Å². The average molecular weight is 345 g/mol. The largest absolute Gasteiger partial charge is 0.475 e. The Labute approximate surface area is 150 Å². The highest BCUT2D eigenvalue weighted by molar-refractivity contribution is 5.07. The summed E-state index contributed by atoms with van der Waals surface area (Å²) in [6.07, 6.45) is 11.0. The molecule has 0 N–H and O–H groups in total. The van der Waals surface area contributed by atoms with E-state index >= 15 is 0 Å². The van der Waals surface area contributed by atoms with Gasteiger partial charge in [-0.15, -0.1) is 5.10 Å². The van der Waals surface area contributed by atoms with E-state index in [2.05, 4.69) is 15.8 Å². The molecular formula is C20H31N3O2. The fourth-order valence-corrected chi connectivity index (χ4v) is 6.44. The zero-order valence-electron chi connectivity index (χ0n) is 15.2. The number of morpholine rings is 1. The van der Waals surface area contributed by atoms with Crippen molar-refractivity contribution in [1.82, 2.24) is 14.7 Å². The number of aromatic nitrogens is 2. The molecule has 5 heteroatoms. The first kappa shape index (κ1) is 16.1. The van der Waals surface area contributed by atoms with Crippen molar-refractivity contribution in [1.29, 1.82) is 0 Å². The number of hydrogen-bond acceptors (Lipinski definition) is 4. The molecule has 0 atom stereocenters. The van der Waals surface area contributed by atoms with Gasteiger partial charge in [-0.3, -0.25) is 9.58 Å². The molecule has 5 nitrogen and oxygen atoms in total. The minimum atomic E-state index is 0.534. The van der Waals surface area contributed by atoms with Gasteiger partial charge in [-0.05, 0) is 61.7 Å². The third kappa shape index (κ3) is 3.45. The molecule has 4 bridgehead atoms. The molecule has 1 aromatic heterocycles. The van der Waals surface area contributed by atoms with Crippen LogP contribution in [-0.4, -0.2) is 54.1 Å². The van der Waals surface area contributed by atoms with Gasteiger partial charge in [0.25, 0.3) is 0 Å². The Hall–Kier alpha value is -1.07. The van der Waals surface area contributed by atoms with Crippen molar-refractivity contribution in [2.75, 3.05) is 39.5 Å². The molecule has 138 valence electrons. The van der Waals surface area contributed by atoms with Crippen LogP contribution < -0.4 is 4.74 Å². The van der Waals surface area contributed by atoms with Gasteiger partial charge in [0.1, 0.15) is 6.61 Å². The van der Waals surface area contributed by atoms with Crippen LogP contribution in [-0.2, 0) is 11.3 Å². The minimum absolute atomic E-state index is 0.534. The van der Waals surface area contributed by atoms with Gasteiger partial charge < -0.3 is 9.47 Å². The first-order valence-corrected chi connectivity index (χ1v) is 10.2. The van der Waals surface area contributed by atoms with Crippen LogP contribution in [0.15, 0.2) is 12.3 Å². The van der Waals surface area contributed by atoms with E-state index in [4.69, 9.17) is 14.6 Å². The maximum atomic E-state index is 5.90. The second-order valence-electron chi connectivity index (χ2n) is 9.07. The maximum absolute atomic E-state index is 5.90. The molecule has 1 aliphatic heterocycles. The fraction of sp³-hybridized carbons (Fsp3) is 0.850. The maximum Gasteiger partial charge on any atom is 0.232 e. The van der Waals surface area contributed by atoms with Gasteiger partial charge >= 0.3 is 0 Å². The Morgan fingerprint density at radius 2 is 1.76 bits per heavy atom. The molecule has 6 rings (SSSR count). The molecule has 5 fully saturated rings. The predicted molar refractivity (Wildman–Crippen MR) is 95.6 cm³/mol. The van der Waals surface area contributed by atoms with Crippen molar-refractivity contribution in [3.8, 4) is 5.88 Å². The van der Waals surface area contributed by atoms with Gasteiger partial charge in [0.2, 0.25) is 5.88 Å². The van der Waals surface area contributed by atoms with E-state index in [-0.39, 0.29) is 0 Å². The highest BCUT2D eigenvalue weighted by Crippen LogP contribution is 2.60. The summed E-state index contributed by atoms with van der Waals surface area (Å²) in [5.74, 6) is 3.81. The third-order valence-corrected chi connectivity index (χ3v) is 7.04. The summed E-state index contributed by atoms with van der Waals surface area (Å²) in [5, 5.41) is 4.72. The van der Waals surface area contributed by atoms with Crippen molar-refractivity contribution in [3.05, 3.63) is 12.3 Å². The Kier molecular flexibility index (Phi) is 4.25. The number of nitrogens with zero attached hydrogens (tertiary/aromatic N) is 3. The lowest BCUT2D eigenvalue weighted by atomic mass is 9.49. The summed E-state index contributed by atoms with van der Waals surface area (Å²) in [7, 11) is 0. The van der Waals surface area contributed by atoms with Gasteiger partial charge in [0.05, 0.1) is 13.2 Å². The molecule has 0 amide bonds. The number of hydrogen-bond donors (Lipinski definition) is 0. The SMILES string of the molecule is c1cn(CC23CC4CC(CC(C4)C2)C3)nc1OCCN1CCOCC1. The van der Waals surface area contributed by atoms with Crippen molar-refractivity contribution < 1.29 is 9.47 Å². The molecule has 25 heavy (non-hydrogen) atoms. The zero-order valence-corrected chi connectivity index (χ0v) is 15.2. The van der Waals surface area contributed by atoms with Gasteiger partial charge in [-0.2, -0.15) is 0 Å². The van der Waals surface area contributed by atoms with E-state index in [1.807, 2.05) is 6.07 Å². The summed E-state index contributed by atoms with van der Waals surface area (Å²) >= 11 is 0.